The maximum Gasteiger partial charge on any atom is 0.0887 e. The lowest BCUT2D eigenvalue weighted by molar-refractivity contribution is 0.0810. The minimum absolute atomic E-state index is 0.384. The Morgan fingerprint density at radius 1 is 1.30 bits per heavy atom. The molecule has 4 heterocycles. The van der Waals surface area contributed by atoms with Crippen LogP contribution in [-0.4, -0.2) is 52.1 Å². The zero-order valence-electron chi connectivity index (χ0n) is 16.4. The third-order valence-electron chi connectivity index (χ3n) is 5.76. The highest BCUT2D eigenvalue weighted by Gasteiger charge is 2.43. The van der Waals surface area contributed by atoms with Gasteiger partial charge in [0.05, 0.1) is 31.2 Å². The van der Waals surface area contributed by atoms with Crippen molar-refractivity contribution in [2.45, 2.75) is 46.1 Å². The molecular formula is C21H30N4O2. The monoisotopic (exact) mass is 370 g/mol. The Morgan fingerprint density at radius 3 is 3.04 bits per heavy atom. The van der Waals surface area contributed by atoms with E-state index in [9.17, 15) is 0 Å². The van der Waals surface area contributed by atoms with Crippen molar-refractivity contribution in [3.63, 3.8) is 0 Å². The zero-order chi connectivity index (χ0) is 18.6. The smallest absolute Gasteiger partial charge is 0.0887 e. The highest BCUT2D eigenvalue weighted by Crippen LogP contribution is 2.36. The molecule has 0 aliphatic carbocycles. The number of rotatable bonds is 8. The Labute approximate surface area is 161 Å². The number of hydrogen-bond acceptors (Lipinski definition) is 5. The summed E-state index contributed by atoms with van der Waals surface area (Å²) in [5, 5.41) is 4.38. The van der Waals surface area contributed by atoms with Gasteiger partial charge >= 0.3 is 0 Å². The van der Waals surface area contributed by atoms with Crippen LogP contribution in [0.1, 0.15) is 30.3 Å². The predicted octanol–water partition coefficient (Wildman–Crippen LogP) is 2.66. The Balaban J connectivity index is 1.21. The fraction of sp³-hybridized carbons (Fsp3) is 0.619. The molecule has 0 saturated carbocycles. The normalized spacial score (nSPS) is 25.2. The largest absolute Gasteiger partial charge is 0.376 e. The van der Waals surface area contributed by atoms with Gasteiger partial charge in [0, 0.05) is 56.2 Å². The summed E-state index contributed by atoms with van der Waals surface area (Å²) < 4.78 is 14.0. The Bertz CT molecular complexity index is 747. The second-order valence-corrected chi connectivity index (χ2v) is 7.81. The maximum absolute atomic E-state index is 6.08. The first-order chi connectivity index (χ1) is 13.2. The van der Waals surface area contributed by atoms with Crippen molar-refractivity contribution in [1.29, 1.82) is 0 Å². The van der Waals surface area contributed by atoms with Gasteiger partial charge in [-0.25, -0.2) is 0 Å². The van der Waals surface area contributed by atoms with Crippen LogP contribution in [0.15, 0.2) is 30.6 Å². The molecule has 6 nitrogen and oxygen atoms in total. The van der Waals surface area contributed by atoms with Gasteiger partial charge in [0.15, 0.2) is 0 Å². The Hall–Kier alpha value is -1.76. The number of hydrogen-bond donors (Lipinski definition) is 0. The third kappa shape index (κ3) is 4.57. The van der Waals surface area contributed by atoms with Gasteiger partial charge in [-0.15, -0.1) is 0 Å². The summed E-state index contributed by atoms with van der Waals surface area (Å²) in [7, 11) is 0. The molecule has 0 unspecified atom stereocenters. The molecule has 0 amide bonds. The van der Waals surface area contributed by atoms with E-state index in [2.05, 4.69) is 28.1 Å². The molecule has 2 aliphatic rings. The fourth-order valence-electron chi connectivity index (χ4n) is 4.32. The van der Waals surface area contributed by atoms with Crippen LogP contribution in [0.4, 0.5) is 0 Å². The van der Waals surface area contributed by atoms with Gasteiger partial charge in [-0.1, -0.05) is 6.07 Å². The van der Waals surface area contributed by atoms with Gasteiger partial charge < -0.3 is 9.47 Å². The number of likely N-dealkylation sites (tertiary alicyclic amines) is 1. The van der Waals surface area contributed by atoms with Crippen LogP contribution in [0.5, 0.6) is 0 Å². The van der Waals surface area contributed by atoms with Crippen molar-refractivity contribution < 1.29 is 9.47 Å². The summed E-state index contributed by atoms with van der Waals surface area (Å²) in [6.07, 6.45) is 5.59. The van der Waals surface area contributed by atoms with Crippen molar-refractivity contribution in [2.75, 3.05) is 26.3 Å². The van der Waals surface area contributed by atoms with Gasteiger partial charge in [-0.05, 0) is 38.3 Å². The summed E-state index contributed by atoms with van der Waals surface area (Å²) >= 11 is 0. The average molecular weight is 370 g/mol. The molecule has 0 spiro atoms. The van der Waals surface area contributed by atoms with E-state index in [0.29, 0.717) is 24.5 Å². The lowest BCUT2D eigenvalue weighted by atomic mass is 9.91. The summed E-state index contributed by atoms with van der Waals surface area (Å²) in [5.74, 6) is 1.23. The molecule has 2 saturated heterocycles. The predicted molar refractivity (Wildman–Crippen MR) is 103 cm³/mol. The van der Waals surface area contributed by atoms with Gasteiger partial charge in [0.1, 0.15) is 0 Å². The van der Waals surface area contributed by atoms with Crippen molar-refractivity contribution in [3.05, 3.63) is 47.5 Å². The summed E-state index contributed by atoms with van der Waals surface area (Å²) in [5.41, 5.74) is 3.34. The Kier molecular flexibility index (Phi) is 5.86. The first-order valence-electron chi connectivity index (χ1n) is 10.1. The van der Waals surface area contributed by atoms with Crippen molar-refractivity contribution >= 4 is 0 Å². The number of pyridine rings is 1. The van der Waals surface area contributed by atoms with E-state index in [-0.39, 0.29) is 0 Å². The van der Waals surface area contributed by atoms with Crippen LogP contribution in [-0.2, 0) is 29.2 Å². The first kappa shape index (κ1) is 18.6. The second kappa shape index (κ2) is 8.50. The summed E-state index contributed by atoms with van der Waals surface area (Å²) in [4.78, 5) is 7.00. The fourth-order valence-corrected chi connectivity index (χ4v) is 4.32. The summed E-state index contributed by atoms with van der Waals surface area (Å²) in [6.45, 7) is 10.4. The van der Waals surface area contributed by atoms with E-state index in [1.165, 1.54) is 5.56 Å². The number of ether oxygens (including phenoxy) is 2. The van der Waals surface area contributed by atoms with E-state index >= 15 is 0 Å². The number of aromatic nitrogens is 3. The number of aryl methyl sites for hydroxylation is 2. The van der Waals surface area contributed by atoms with Crippen LogP contribution >= 0.6 is 0 Å². The topological polar surface area (TPSA) is 52.4 Å². The molecule has 2 aromatic rings. The zero-order valence-corrected chi connectivity index (χ0v) is 16.4. The molecule has 2 fully saturated rings. The SMILES string of the molecule is CCn1cc(CN2C[C@H]3[C@@H](CCOCc4cccc(C)n4)CO[C@H]3C2)cn1. The minimum Gasteiger partial charge on any atom is -0.376 e. The van der Waals surface area contributed by atoms with Gasteiger partial charge in [0.25, 0.3) is 0 Å². The molecule has 27 heavy (non-hydrogen) atoms. The molecule has 6 heteroatoms. The Morgan fingerprint density at radius 2 is 2.22 bits per heavy atom. The van der Waals surface area contributed by atoms with Crippen molar-refractivity contribution in [3.8, 4) is 0 Å². The van der Waals surface area contributed by atoms with E-state index in [1.807, 2.05) is 36.0 Å². The lowest BCUT2D eigenvalue weighted by Crippen LogP contribution is -2.24. The van der Waals surface area contributed by atoms with Gasteiger partial charge in [-0.2, -0.15) is 5.10 Å². The van der Waals surface area contributed by atoms with E-state index in [0.717, 1.165) is 57.2 Å². The first-order valence-corrected chi connectivity index (χ1v) is 10.1. The van der Waals surface area contributed by atoms with Crippen LogP contribution in [0, 0.1) is 18.8 Å². The molecular weight excluding hydrogens is 340 g/mol. The summed E-state index contributed by atoms with van der Waals surface area (Å²) in [6, 6.07) is 6.07. The molecule has 0 radical (unpaired) electrons. The average Bonchev–Trinajstić information content (AvgIpc) is 3.36. The van der Waals surface area contributed by atoms with Crippen molar-refractivity contribution in [1.82, 2.24) is 19.7 Å². The molecule has 3 atom stereocenters. The molecule has 4 rings (SSSR count). The minimum atomic E-state index is 0.384. The molecule has 2 aromatic heterocycles. The van der Waals surface area contributed by atoms with E-state index in [4.69, 9.17) is 9.47 Å². The van der Waals surface area contributed by atoms with Gasteiger partial charge in [0.2, 0.25) is 0 Å². The standard InChI is InChI=1S/C21H30N4O2/c1-3-25-11-17(9-22-25)10-24-12-20-18(14-27-21(20)13-24)7-8-26-15-19-6-4-5-16(2)23-19/h4-6,9,11,18,20-21H,3,7-8,10,12-15H2,1-2H3/t18-,20-,21-/m0/s1. The number of nitrogens with zero attached hydrogens (tertiary/aromatic N) is 4. The molecule has 0 bridgehead atoms. The van der Waals surface area contributed by atoms with Crippen molar-refractivity contribution in [2.24, 2.45) is 11.8 Å². The van der Waals surface area contributed by atoms with E-state index < -0.39 is 0 Å². The highest BCUT2D eigenvalue weighted by atomic mass is 16.5. The molecule has 2 aliphatic heterocycles. The van der Waals surface area contributed by atoms with E-state index in [1.54, 1.807) is 0 Å². The number of fused-ring (bicyclic) bond motifs is 1. The highest BCUT2D eigenvalue weighted by molar-refractivity contribution is 5.09. The molecule has 0 aromatic carbocycles. The van der Waals surface area contributed by atoms with Gasteiger partial charge in [-0.3, -0.25) is 14.6 Å². The quantitative estimate of drug-likeness (QED) is 0.669. The molecule has 0 N–H and O–H groups in total. The van der Waals surface area contributed by atoms with Crippen LogP contribution in [0.25, 0.3) is 0 Å². The van der Waals surface area contributed by atoms with Crippen LogP contribution in [0.3, 0.4) is 0 Å². The van der Waals surface area contributed by atoms with Crippen LogP contribution in [0.2, 0.25) is 0 Å². The second-order valence-electron chi connectivity index (χ2n) is 7.81. The molecule has 146 valence electrons. The maximum atomic E-state index is 6.08. The van der Waals surface area contributed by atoms with Crippen LogP contribution < -0.4 is 0 Å². The lowest BCUT2D eigenvalue weighted by Gasteiger charge is -2.19. The third-order valence-corrected chi connectivity index (χ3v) is 5.76.